The van der Waals surface area contributed by atoms with Crippen LogP contribution in [0.5, 0.6) is 0 Å². The van der Waals surface area contributed by atoms with Crippen LogP contribution < -0.4 is 11.3 Å². The van der Waals surface area contributed by atoms with Crippen molar-refractivity contribution in [3.05, 3.63) is 50.4 Å². The molecule has 1 atom stereocenters. The Morgan fingerprint density at radius 3 is 2.88 bits per heavy atom. The molecule has 0 spiro atoms. The summed E-state index contributed by atoms with van der Waals surface area (Å²) in [7, 11) is 0. The van der Waals surface area contributed by atoms with Crippen LogP contribution >= 0.6 is 34.5 Å². The molecule has 1 unspecified atom stereocenters. The smallest absolute Gasteiger partial charge is 0.0794 e. The molecule has 90 valence electrons. The van der Waals surface area contributed by atoms with Crippen LogP contribution in [0.1, 0.15) is 16.5 Å². The third-order valence-electron chi connectivity index (χ3n) is 2.45. The van der Waals surface area contributed by atoms with Gasteiger partial charge in [-0.2, -0.15) is 0 Å². The molecule has 0 aliphatic rings. The van der Waals surface area contributed by atoms with E-state index in [9.17, 15) is 0 Å². The molecule has 0 saturated carbocycles. The predicted molar refractivity (Wildman–Crippen MR) is 72.3 cm³/mol. The molecule has 0 saturated heterocycles. The second-order valence-corrected chi connectivity index (χ2v) is 5.24. The van der Waals surface area contributed by atoms with Gasteiger partial charge in [-0.15, -0.1) is 11.3 Å². The second-order valence-electron chi connectivity index (χ2n) is 3.54. The number of nitrogens with one attached hydrogen (secondary N) is 1. The molecule has 0 radical (unpaired) electrons. The van der Waals surface area contributed by atoms with Gasteiger partial charge in [-0.3, -0.25) is 16.3 Å². The highest BCUT2D eigenvalue weighted by atomic mass is 35.5. The molecule has 3 N–H and O–H groups in total. The number of thiazole rings is 1. The average Bonchev–Trinajstić information content (AvgIpc) is 2.85. The highest BCUT2D eigenvalue weighted by Gasteiger charge is 2.14. The molecule has 6 heteroatoms. The van der Waals surface area contributed by atoms with E-state index in [4.69, 9.17) is 29.0 Å². The van der Waals surface area contributed by atoms with Crippen molar-refractivity contribution in [3.63, 3.8) is 0 Å². The van der Waals surface area contributed by atoms with Crippen molar-refractivity contribution in [2.45, 2.75) is 12.5 Å². The molecule has 0 aliphatic carbocycles. The fourth-order valence-corrected chi connectivity index (χ4v) is 2.64. The lowest BCUT2D eigenvalue weighted by Gasteiger charge is -2.15. The van der Waals surface area contributed by atoms with E-state index in [1.54, 1.807) is 29.1 Å². The van der Waals surface area contributed by atoms with Crippen LogP contribution in [0.15, 0.2) is 29.9 Å². The van der Waals surface area contributed by atoms with Gasteiger partial charge in [-0.25, -0.2) is 0 Å². The first kappa shape index (κ1) is 12.8. The zero-order valence-corrected chi connectivity index (χ0v) is 11.2. The van der Waals surface area contributed by atoms with Crippen molar-refractivity contribution in [2.75, 3.05) is 0 Å². The monoisotopic (exact) mass is 287 g/mol. The summed E-state index contributed by atoms with van der Waals surface area (Å²) >= 11 is 13.7. The van der Waals surface area contributed by atoms with Crippen LogP contribution in [0.2, 0.25) is 10.0 Å². The number of aromatic nitrogens is 1. The summed E-state index contributed by atoms with van der Waals surface area (Å²) in [6.45, 7) is 0. The molecule has 0 amide bonds. The fraction of sp³-hybridized carbons (Fsp3) is 0.182. The number of nitrogens with zero attached hydrogens (tertiary/aromatic N) is 1. The van der Waals surface area contributed by atoms with Gasteiger partial charge in [0.2, 0.25) is 0 Å². The lowest BCUT2D eigenvalue weighted by Crippen LogP contribution is -2.29. The molecule has 1 aromatic heterocycles. The highest BCUT2D eigenvalue weighted by Crippen LogP contribution is 2.29. The van der Waals surface area contributed by atoms with Crippen molar-refractivity contribution in [2.24, 2.45) is 5.84 Å². The molecule has 0 aliphatic heterocycles. The van der Waals surface area contributed by atoms with Gasteiger partial charge in [-0.05, 0) is 18.1 Å². The molecule has 1 aromatic carbocycles. The maximum absolute atomic E-state index is 6.14. The van der Waals surface area contributed by atoms with E-state index in [2.05, 4.69) is 10.4 Å². The quantitative estimate of drug-likeness (QED) is 0.671. The van der Waals surface area contributed by atoms with Crippen LogP contribution in [-0.2, 0) is 6.42 Å². The fourth-order valence-electron chi connectivity index (χ4n) is 1.57. The third kappa shape index (κ3) is 2.97. The van der Waals surface area contributed by atoms with Gasteiger partial charge in [0, 0.05) is 11.1 Å². The van der Waals surface area contributed by atoms with Gasteiger partial charge >= 0.3 is 0 Å². The topological polar surface area (TPSA) is 50.9 Å². The molecule has 0 bridgehead atoms. The predicted octanol–water partition coefficient (Wildman–Crippen LogP) is 3.20. The maximum Gasteiger partial charge on any atom is 0.0794 e. The Bertz CT molecular complexity index is 487. The van der Waals surface area contributed by atoms with Crippen molar-refractivity contribution < 1.29 is 0 Å². The molecule has 0 fully saturated rings. The zero-order valence-electron chi connectivity index (χ0n) is 8.86. The standard InChI is InChI=1S/C11H11Cl2N3S/c12-8-3-1-2-7(11(8)13)4-9(16-14)10-5-15-6-17-10/h1-3,5-6,9,16H,4,14H2. The summed E-state index contributed by atoms with van der Waals surface area (Å²) in [4.78, 5) is 5.11. The van der Waals surface area contributed by atoms with Crippen LogP contribution in [0.3, 0.4) is 0 Å². The van der Waals surface area contributed by atoms with E-state index in [0.29, 0.717) is 16.5 Å². The van der Waals surface area contributed by atoms with Gasteiger partial charge in [0.15, 0.2) is 0 Å². The molecule has 2 aromatic rings. The number of halogens is 2. The van der Waals surface area contributed by atoms with Crippen molar-refractivity contribution in [1.29, 1.82) is 0 Å². The van der Waals surface area contributed by atoms with Crippen molar-refractivity contribution in [3.8, 4) is 0 Å². The largest absolute Gasteiger partial charge is 0.271 e. The number of hydrogen-bond acceptors (Lipinski definition) is 4. The number of rotatable bonds is 4. The number of nitrogens with two attached hydrogens (primary N) is 1. The minimum atomic E-state index is -0.00142. The SMILES string of the molecule is NNC(Cc1cccc(Cl)c1Cl)c1cncs1. The summed E-state index contributed by atoms with van der Waals surface area (Å²) in [5, 5.41) is 1.14. The first-order valence-corrected chi connectivity index (χ1v) is 6.63. The highest BCUT2D eigenvalue weighted by molar-refractivity contribution is 7.09. The summed E-state index contributed by atoms with van der Waals surface area (Å²) < 4.78 is 0. The Hall–Kier alpha value is -0.650. The van der Waals surface area contributed by atoms with Gasteiger partial charge in [0.25, 0.3) is 0 Å². The Labute approximate surface area is 114 Å². The van der Waals surface area contributed by atoms with Crippen LogP contribution in [0, 0.1) is 0 Å². The maximum atomic E-state index is 6.14. The van der Waals surface area contributed by atoms with Gasteiger partial charge in [0.05, 0.1) is 21.6 Å². The van der Waals surface area contributed by atoms with Crippen molar-refractivity contribution in [1.82, 2.24) is 10.4 Å². The minimum absolute atomic E-state index is 0.00142. The average molecular weight is 288 g/mol. The zero-order chi connectivity index (χ0) is 12.3. The Morgan fingerprint density at radius 2 is 2.24 bits per heavy atom. The summed E-state index contributed by atoms with van der Waals surface area (Å²) in [6, 6.07) is 5.59. The molecule has 1 heterocycles. The first-order chi connectivity index (χ1) is 8.22. The Kier molecular flexibility index (Phi) is 4.36. The summed E-state index contributed by atoms with van der Waals surface area (Å²) in [5.41, 5.74) is 5.51. The normalized spacial score (nSPS) is 12.6. The summed E-state index contributed by atoms with van der Waals surface area (Å²) in [5.74, 6) is 5.55. The first-order valence-electron chi connectivity index (χ1n) is 4.99. The molecule has 3 nitrogen and oxygen atoms in total. The number of benzene rings is 1. The minimum Gasteiger partial charge on any atom is -0.271 e. The van der Waals surface area contributed by atoms with Crippen LogP contribution in [0.4, 0.5) is 0 Å². The van der Waals surface area contributed by atoms with E-state index in [1.165, 1.54) is 0 Å². The summed E-state index contributed by atoms with van der Waals surface area (Å²) in [6.07, 6.45) is 2.48. The Morgan fingerprint density at radius 1 is 1.41 bits per heavy atom. The van der Waals surface area contributed by atoms with Crippen LogP contribution in [0.25, 0.3) is 0 Å². The van der Waals surface area contributed by atoms with Crippen LogP contribution in [-0.4, -0.2) is 4.98 Å². The lowest BCUT2D eigenvalue weighted by atomic mass is 10.1. The molecule has 2 rings (SSSR count). The van der Waals surface area contributed by atoms with Gasteiger partial charge in [-0.1, -0.05) is 35.3 Å². The van der Waals surface area contributed by atoms with E-state index in [-0.39, 0.29) is 6.04 Å². The second kappa shape index (κ2) is 5.80. The number of hydrogen-bond donors (Lipinski definition) is 2. The van der Waals surface area contributed by atoms with Crippen molar-refractivity contribution >= 4 is 34.5 Å². The molecular formula is C11H11Cl2N3S. The van der Waals surface area contributed by atoms with E-state index in [0.717, 1.165) is 10.4 Å². The Balaban J connectivity index is 2.22. The third-order valence-corrected chi connectivity index (χ3v) is 4.20. The van der Waals surface area contributed by atoms with E-state index in [1.807, 2.05) is 12.1 Å². The van der Waals surface area contributed by atoms with Gasteiger partial charge < -0.3 is 0 Å². The lowest BCUT2D eigenvalue weighted by molar-refractivity contribution is 0.560. The molecule has 17 heavy (non-hydrogen) atoms. The molecular weight excluding hydrogens is 277 g/mol. The van der Waals surface area contributed by atoms with E-state index >= 15 is 0 Å². The van der Waals surface area contributed by atoms with E-state index < -0.39 is 0 Å². The van der Waals surface area contributed by atoms with Gasteiger partial charge in [0.1, 0.15) is 0 Å². The number of hydrazine groups is 1.